The summed E-state index contributed by atoms with van der Waals surface area (Å²) in [6, 6.07) is 4.17. The molecule has 0 spiro atoms. The van der Waals surface area contributed by atoms with Gasteiger partial charge in [-0.1, -0.05) is 6.07 Å². The van der Waals surface area contributed by atoms with Gasteiger partial charge in [0.25, 0.3) is 0 Å². The summed E-state index contributed by atoms with van der Waals surface area (Å²) in [5.74, 6) is 0.902. The Kier molecular flexibility index (Phi) is 3.25. The van der Waals surface area contributed by atoms with Crippen molar-refractivity contribution < 1.29 is 0 Å². The van der Waals surface area contributed by atoms with Gasteiger partial charge in [0.1, 0.15) is 5.82 Å². The Bertz CT molecular complexity index is 440. The second kappa shape index (κ2) is 4.51. The van der Waals surface area contributed by atoms with Crippen molar-refractivity contribution in [3.8, 4) is 0 Å². The van der Waals surface area contributed by atoms with Gasteiger partial charge >= 0.3 is 0 Å². The highest BCUT2D eigenvalue weighted by Gasteiger charge is 2.13. The Morgan fingerprint density at radius 1 is 1.38 bits per heavy atom. The Morgan fingerprint density at radius 3 is 2.81 bits per heavy atom. The molecule has 2 heterocycles. The SMILES string of the molecule is CC(C)(C)Nc1nc(Cc2cccs2)ns1. The maximum atomic E-state index is 4.47. The third-order valence-electron chi connectivity index (χ3n) is 1.86. The van der Waals surface area contributed by atoms with Crippen LogP contribution in [0.5, 0.6) is 0 Å². The molecule has 2 aromatic rings. The second-order valence-electron chi connectivity index (χ2n) is 4.65. The van der Waals surface area contributed by atoms with Crippen LogP contribution in [0.4, 0.5) is 5.13 Å². The number of anilines is 1. The summed E-state index contributed by atoms with van der Waals surface area (Å²) in [5.41, 5.74) is 0.0414. The molecule has 0 aliphatic carbocycles. The molecule has 0 amide bonds. The van der Waals surface area contributed by atoms with Crippen LogP contribution < -0.4 is 5.32 Å². The monoisotopic (exact) mass is 253 g/mol. The fourth-order valence-electron chi connectivity index (χ4n) is 1.27. The quantitative estimate of drug-likeness (QED) is 0.911. The van der Waals surface area contributed by atoms with Crippen LogP contribution in [0.2, 0.25) is 0 Å². The van der Waals surface area contributed by atoms with E-state index in [0.717, 1.165) is 17.4 Å². The second-order valence-corrected chi connectivity index (χ2v) is 6.43. The van der Waals surface area contributed by atoms with Gasteiger partial charge < -0.3 is 5.32 Å². The van der Waals surface area contributed by atoms with Crippen LogP contribution in [0.15, 0.2) is 17.5 Å². The predicted molar refractivity (Wildman–Crippen MR) is 70.4 cm³/mol. The summed E-state index contributed by atoms with van der Waals surface area (Å²) < 4.78 is 4.35. The molecular formula is C11H15N3S2. The van der Waals surface area contributed by atoms with Crippen molar-refractivity contribution in [1.29, 1.82) is 0 Å². The van der Waals surface area contributed by atoms with Crippen molar-refractivity contribution in [3.63, 3.8) is 0 Å². The molecule has 5 heteroatoms. The fraction of sp³-hybridized carbons (Fsp3) is 0.455. The maximum absolute atomic E-state index is 4.47. The van der Waals surface area contributed by atoms with Crippen molar-refractivity contribution in [1.82, 2.24) is 9.36 Å². The molecule has 86 valence electrons. The molecule has 0 aliphatic rings. The molecule has 16 heavy (non-hydrogen) atoms. The smallest absolute Gasteiger partial charge is 0.202 e. The number of nitrogens with zero attached hydrogens (tertiary/aromatic N) is 2. The minimum atomic E-state index is 0.0414. The highest BCUT2D eigenvalue weighted by Crippen LogP contribution is 2.19. The average molecular weight is 253 g/mol. The zero-order valence-electron chi connectivity index (χ0n) is 9.65. The fourth-order valence-corrected chi connectivity index (χ4v) is 2.76. The van der Waals surface area contributed by atoms with Crippen molar-refractivity contribution in [2.24, 2.45) is 0 Å². The van der Waals surface area contributed by atoms with Gasteiger partial charge in [-0.25, -0.2) is 4.98 Å². The van der Waals surface area contributed by atoms with Gasteiger partial charge in [-0.3, -0.25) is 0 Å². The normalized spacial score (nSPS) is 11.7. The number of thiophene rings is 1. The highest BCUT2D eigenvalue weighted by molar-refractivity contribution is 7.10. The summed E-state index contributed by atoms with van der Waals surface area (Å²) in [6.07, 6.45) is 0.833. The molecule has 0 saturated carbocycles. The lowest BCUT2D eigenvalue weighted by Gasteiger charge is -2.18. The van der Waals surface area contributed by atoms with E-state index in [2.05, 4.69) is 53.0 Å². The first-order chi connectivity index (χ1) is 7.53. The van der Waals surface area contributed by atoms with Crippen LogP contribution in [0.3, 0.4) is 0 Å². The highest BCUT2D eigenvalue weighted by atomic mass is 32.1. The van der Waals surface area contributed by atoms with Gasteiger partial charge in [0.05, 0.1) is 0 Å². The summed E-state index contributed by atoms with van der Waals surface area (Å²) in [6.45, 7) is 6.36. The zero-order valence-corrected chi connectivity index (χ0v) is 11.3. The standard InChI is InChI=1S/C11H15N3S2/c1-11(2,3)13-10-12-9(14-16-10)7-8-5-4-6-15-8/h4-6H,7H2,1-3H3,(H,12,13,14). The Labute approximate surface area is 104 Å². The first kappa shape index (κ1) is 11.5. The number of hydrogen-bond acceptors (Lipinski definition) is 5. The minimum absolute atomic E-state index is 0.0414. The predicted octanol–water partition coefficient (Wildman–Crippen LogP) is 3.40. The van der Waals surface area contributed by atoms with E-state index in [0.29, 0.717) is 0 Å². The molecule has 0 radical (unpaired) electrons. The van der Waals surface area contributed by atoms with Gasteiger partial charge in [0.2, 0.25) is 5.13 Å². The molecule has 1 N–H and O–H groups in total. The van der Waals surface area contributed by atoms with E-state index in [1.807, 2.05) is 0 Å². The van der Waals surface area contributed by atoms with Crippen molar-refractivity contribution in [2.45, 2.75) is 32.7 Å². The molecular weight excluding hydrogens is 238 g/mol. The molecule has 0 atom stereocenters. The Balaban J connectivity index is 2.03. The van der Waals surface area contributed by atoms with Crippen molar-refractivity contribution >= 4 is 28.0 Å². The van der Waals surface area contributed by atoms with Crippen LogP contribution >= 0.6 is 22.9 Å². The van der Waals surface area contributed by atoms with Gasteiger partial charge in [-0.15, -0.1) is 11.3 Å². The summed E-state index contributed by atoms with van der Waals surface area (Å²) in [5, 5.41) is 6.31. The van der Waals surface area contributed by atoms with Crippen LogP contribution in [-0.4, -0.2) is 14.9 Å². The summed E-state index contributed by atoms with van der Waals surface area (Å²) in [7, 11) is 0. The van der Waals surface area contributed by atoms with Gasteiger partial charge in [0.15, 0.2) is 0 Å². The molecule has 0 bridgehead atoms. The number of nitrogens with one attached hydrogen (secondary N) is 1. The van der Waals surface area contributed by atoms with Crippen molar-refractivity contribution in [3.05, 3.63) is 28.2 Å². The van der Waals surface area contributed by atoms with Gasteiger partial charge in [-0.2, -0.15) is 4.37 Å². The van der Waals surface area contributed by atoms with E-state index in [1.54, 1.807) is 11.3 Å². The lowest BCUT2D eigenvalue weighted by atomic mass is 10.1. The first-order valence-electron chi connectivity index (χ1n) is 5.16. The third-order valence-corrected chi connectivity index (χ3v) is 3.41. The lowest BCUT2D eigenvalue weighted by molar-refractivity contribution is 0.633. The molecule has 0 saturated heterocycles. The van der Waals surface area contributed by atoms with E-state index in [9.17, 15) is 0 Å². The topological polar surface area (TPSA) is 37.8 Å². The zero-order chi connectivity index (χ0) is 11.6. The number of hydrogen-bond donors (Lipinski definition) is 1. The Morgan fingerprint density at radius 2 is 2.19 bits per heavy atom. The van der Waals surface area contributed by atoms with Crippen LogP contribution in [0, 0.1) is 0 Å². The van der Waals surface area contributed by atoms with E-state index in [4.69, 9.17) is 0 Å². The Hall–Kier alpha value is -0.940. The first-order valence-corrected chi connectivity index (χ1v) is 6.81. The minimum Gasteiger partial charge on any atom is -0.356 e. The van der Waals surface area contributed by atoms with Crippen LogP contribution in [0.25, 0.3) is 0 Å². The third kappa shape index (κ3) is 3.28. The largest absolute Gasteiger partial charge is 0.356 e. The summed E-state index contributed by atoms with van der Waals surface area (Å²) >= 11 is 3.18. The molecule has 0 aliphatic heterocycles. The molecule has 0 unspecified atom stereocenters. The van der Waals surface area contributed by atoms with E-state index in [-0.39, 0.29) is 5.54 Å². The summed E-state index contributed by atoms with van der Waals surface area (Å²) in [4.78, 5) is 5.78. The van der Waals surface area contributed by atoms with Crippen LogP contribution in [0.1, 0.15) is 31.5 Å². The molecule has 2 rings (SSSR count). The lowest BCUT2D eigenvalue weighted by Crippen LogP contribution is -2.25. The van der Waals surface area contributed by atoms with E-state index >= 15 is 0 Å². The van der Waals surface area contributed by atoms with Crippen LogP contribution in [-0.2, 0) is 6.42 Å². The van der Waals surface area contributed by atoms with Gasteiger partial charge in [-0.05, 0) is 32.2 Å². The number of rotatable bonds is 3. The van der Waals surface area contributed by atoms with E-state index < -0.39 is 0 Å². The molecule has 2 aromatic heterocycles. The van der Waals surface area contributed by atoms with Gasteiger partial charge in [0, 0.05) is 28.4 Å². The molecule has 3 nitrogen and oxygen atoms in total. The van der Waals surface area contributed by atoms with E-state index in [1.165, 1.54) is 16.4 Å². The molecule has 0 fully saturated rings. The maximum Gasteiger partial charge on any atom is 0.202 e. The number of aromatic nitrogens is 2. The molecule has 0 aromatic carbocycles. The average Bonchev–Trinajstić information content (AvgIpc) is 2.75. The van der Waals surface area contributed by atoms with Crippen molar-refractivity contribution in [2.75, 3.05) is 5.32 Å².